The monoisotopic (exact) mass is 270 g/mol. The molecular weight excluding hydrogens is 252 g/mol. The Morgan fingerprint density at radius 1 is 1.25 bits per heavy atom. The van der Waals surface area contributed by atoms with Crippen molar-refractivity contribution >= 4 is 5.52 Å². The molecule has 0 aliphatic rings. The highest BCUT2D eigenvalue weighted by molar-refractivity contribution is 5.53. The molecule has 3 heterocycles. The number of aryl methyl sites for hydroxylation is 1. The molecule has 0 aliphatic carbocycles. The maximum Gasteiger partial charge on any atom is 0.0892 e. The average Bonchev–Trinajstić information content (AvgIpc) is 3.04. The Hall–Kier alpha value is -2.21. The van der Waals surface area contributed by atoms with Gasteiger partial charge in [0.25, 0.3) is 0 Å². The first-order valence-corrected chi connectivity index (χ1v) is 6.76. The van der Waals surface area contributed by atoms with E-state index in [0.29, 0.717) is 0 Å². The second-order valence-electron chi connectivity index (χ2n) is 4.84. The van der Waals surface area contributed by atoms with Crippen LogP contribution in [0.2, 0.25) is 0 Å². The molecule has 3 aromatic rings. The topological polar surface area (TPSA) is 60.0 Å². The molecule has 1 atom stereocenters. The molecule has 0 spiro atoms. The summed E-state index contributed by atoms with van der Waals surface area (Å²) in [5.41, 5.74) is 3.42. The van der Waals surface area contributed by atoms with Gasteiger partial charge in [-0.3, -0.25) is 9.67 Å². The fourth-order valence-electron chi connectivity index (χ4n) is 2.47. The highest BCUT2D eigenvalue weighted by Crippen LogP contribution is 2.22. The van der Waals surface area contributed by atoms with Crippen molar-refractivity contribution < 1.29 is 0 Å². The van der Waals surface area contributed by atoms with Gasteiger partial charge >= 0.3 is 0 Å². The van der Waals surface area contributed by atoms with E-state index in [2.05, 4.69) is 27.4 Å². The lowest BCUT2D eigenvalue weighted by Crippen LogP contribution is -2.22. The van der Waals surface area contributed by atoms with Gasteiger partial charge in [-0.05, 0) is 18.5 Å². The highest BCUT2D eigenvalue weighted by atomic mass is 15.2. The van der Waals surface area contributed by atoms with Crippen LogP contribution in [0.4, 0.5) is 0 Å². The van der Waals surface area contributed by atoms with Gasteiger partial charge in [-0.2, -0.15) is 10.2 Å². The van der Waals surface area contributed by atoms with Crippen LogP contribution >= 0.6 is 0 Å². The minimum Gasteiger partial charge on any atom is -0.310 e. The Labute approximate surface area is 117 Å². The van der Waals surface area contributed by atoms with Gasteiger partial charge in [0.2, 0.25) is 0 Å². The fraction of sp³-hybridized carbons (Fsp3) is 0.357. The lowest BCUT2D eigenvalue weighted by atomic mass is 10.0. The minimum atomic E-state index is 0.214. The number of fused-ring (bicyclic) bond motifs is 1. The second kappa shape index (κ2) is 5.42. The molecule has 0 aromatic carbocycles. The molecule has 3 aromatic heterocycles. The molecule has 1 N–H and O–H groups in total. The zero-order chi connectivity index (χ0) is 13.9. The highest BCUT2D eigenvalue weighted by Gasteiger charge is 2.16. The summed E-state index contributed by atoms with van der Waals surface area (Å²) < 4.78 is 3.69. The number of rotatable bonds is 5. The standard InChI is InChI=1S/C14H18N6/c1-3-16-13(6-11-7-17-19(2)10-11)12-8-18-20-5-4-15-9-14(12)20/h4-5,7-10,13,16H,3,6H2,1-2H3. The van der Waals surface area contributed by atoms with Crippen LogP contribution in [-0.2, 0) is 13.5 Å². The van der Waals surface area contributed by atoms with Crippen molar-refractivity contribution in [2.75, 3.05) is 6.54 Å². The predicted octanol–water partition coefficient (Wildman–Crippen LogP) is 1.36. The summed E-state index contributed by atoms with van der Waals surface area (Å²) in [7, 11) is 1.94. The van der Waals surface area contributed by atoms with Crippen LogP contribution in [0.15, 0.2) is 37.2 Å². The Kier molecular flexibility index (Phi) is 3.47. The lowest BCUT2D eigenvalue weighted by molar-refractivity contribution is 0.553. The van der Waals surface area contributed by atoms with Crippen molar-refractivity contribution in [3.05, 3.63) is 48.3 Å². The molecule has 6 nitrogen and oxygen atoms in total. The Morgan fingerprint density at radius 2 is 2.15 bits per heavy atom. The number of nitrogens with one attached hydrogen (secondary N) is 1. The van der Waals surface area contributed by atoms with Crippen LogP contribution in [0.3, 0.4) is 0 Å². The van der Waals surface area contributed by atoms with Gasteiger partial charge in [-0.15, -0.1) is 0 Å². The lowest BCUT2D eigenvalue weighted by Gasteiger charge is -2.16. The number of hydrogen-bond acceptors (Lipinski definition) is 4. The van der Waals surface area contributed by atoms with Gasteiger partial charge in [0.15, 0.2) is 0 Å². The van der Waals surface area contributed by atoms with E-state index in [1.54, 1.807) is 6.20 Å². The van der Waals surface area contributed by atoms with Crippen molar-refractivity contribution in [2.24, 2.45) is 7.05 Å². The van der Waals surface area contributed by atoms with E-state index in [-0.39, 0.29) is 6.04 Å². The summed E-state index contributed by atoms with van der Waals surface area (Å²) in [4.78, 5) is 4.19. The third kappa shape index (κ3) is 2.42. The van der Waals surface area contributed by atoms with Crippen LogP contribution in [0, 0.1) is 0 Å². The molecule has 6 heteroatoms. The molecule has 0 amide bonds. The van der Waals surface area contributed by atoms with Crippen molar-refractivity contribution in [3.8, 4) is 0 Å². The SMILES string of the molecule is CCNC(Cc1cnn(C)c1)c1cnn2ccncc12. The van der Waals surface area contributed by atoms with Gasteiger partial charge in [0, 0.05) is 37.2 Å². The molecule has 0 bridgehead atoms. The molecular formula is C14H18N6. The van der Waals surface area contributed by atoms with E-state index in [9.17, 15) is 0 Å². The maximum absolute atomic E-state index is 4.38. The number of aromatic nitrogens is 5. The van der Waals surface area contributed by atoms with Crippen molar-refractivity contribution in [1.29, 1.82) is 0 Å². The first kappa shape index (κ1) is 12.8. The third-order valence-electron chi connectivity index (χ3n) is 3.38. The van der Waals surface area contributed by atoms with E-state index in [1.807, 2.05) is 47.2 Å². The van der Waals surface area contributed by atoms with E-state index in [0.717, 1.165) is 18.5 Å². The van der Waals surface area contributed by atoms with Gasteiger partial charge in [-0.1, -0.05) is 6.92 Å². The van der Waals surface area contributed by atoms with E-state index >= 15 is 0 Å². The molecule has 0 saturated heterocycles. The van der Waals surface area contributed by atoms with Gasteiger partial charge < -0.3 is 5.32 Å². The molecule has 0 aliphatic heterocycles. The summed E-state index contributed by atoms with van der Waals surface area (Å²) in [6, 6.07) is 0.214. The zero-order valence-electron chi connectivity index (χ0n) is 11.7. The summed E-state index contributed by atoms with van der Waals surface area (Å²) in [6.45, 7) is 3.02. The van der Waals surface area contributed by atoms with Crippen LogP contribution in [0.5, 0.6) is 0 Å². The predicted molar refractivity (Wildman–Crippen MR) is 76.3 cm³/mol. The molecule has 0 radical (unpaired) electrons. The molecule has 0 saturated carbocycles. The summed E-state index contributed by atoms with van der Waals surface area (Å²) in [5.74, 6) is 0. The summed E-state index contributed by atoms with van der Waals surface area (Å²) in [6.07, 6.45) is 12.2. The fourth-order valence-corrected chi connectivity index (χ4v) is 2.47. The van der Waals surface area contributed by atoms with Gasteiger partial charge in [0.05, 0.1) is 24.1 Å². The van der Waals surface area contributed by atoms with Crippen molar-refractivity contribution in [3.63, 3.8) is 0 Å². The summed E-state index contributed by atoms with van der Waals surface area (Å²) >= 11 is 0. The Morgan fingerprint density at radius 3 is 2.90 bits per heavy atom. The van der Waals surface area contributed by atoms with E-state index in [4.69, 9.17) is 0 Å². The largest absolute Gasteiger partial charge is 0.310 e. The normalized spacial score (nSPS) is 12.9. The van der Waals surface area contributed by atoms with Crippen LogP contribution < -0.4 is 5.32 Å². The number of hydrogen-bond donors (Lipinski definition) is 1. The van der Waals surface area contributed by atoms with Gasteiger partial charge in [0.1, 0.15) is 0 Å². The Bertz CT molecular complexity index is 698. The Balaban J connectivity index is 1.93. The first-order valence-electron chi connectivity index (χ1n) is 6.76. The summed E-state index contributed by atoms with van der Waals surface area (Å²) in [5, 5.41) is 12.1. The molecule has 104 valence electrons. The quantitative estimate of drug-likeness (QED) is 0.760. The van der Waals surface area contributed by atoms with Crippen LogP contribution in [-0.4, -0.2) is 30.9 Å². The smallest absolute Gasteiger partial charge is 0.0892 e. The first-order chi connectivity index (χ1) is 9.78. The maximum atomic E-state index is 4.38. The molecule has 20 heavy (non-hydrogen) atoms. The number of nitrogens with zero attached hydrogens (tertiary/aromatic N) is 5. The minimum absolute atomic E-state index is 0.214. The third-order valence-corrected chi connectivity index (χ3v) is 3.38. The van der Waals surface area contributed by atoms with Crippen molar-refractivity contribution in [2.45, 2.75) is 19.4 Å². The molecule has 1 unspecified atom stereocenters. The van der Waals surface area contributed by atoms with Crippen molar-refractivity contribution in [1.82, 2.24) is 29.7 Å². The molecule has 3 rings (SSSR count). The van der Waals surface area contributed by atoms with E-state index in [1.165, 1.54) is 11.1 Å². The van der Waals surface area contributed by atoms with Gasteiger partial charge in [-0.25, -0.2) is 4.52 Å². The van der Waals surface area contributed by atoms with E-state index < -0.39 is 0 Å². The average molecular weight is 270 g/mol. The number of likely N-dealkylation sites (N-methyl/N-ethyl adjacent to an activating group) is 1. The van der Waals surface area contributed by atoms with Crippen LogP contribution in [0.25, 0.3) is 5.52 Å². The second-order valence-corrected chi connectivity index (χ2v) is 4.84. The molecule has 0 fully saturated rings. The zero-order valence-corrected chi connectivity index (χ0v) is 11.7. The van der Waals surface area contributed by atoms with Crippen LogP contribution in [0.1, 0.15) is 24.1 Å².